The van der Waals surface area contributed by atoms with Gasteiger partial charge in [-0.15, -0.1) is 0 Å². The van der Waals surface area contributed by atoms with Gasteiger partial charge in [0.15, 0.2) is 17.8 Å². The molecule has 0 saturated carbocycles. The average Bonchev–Trinajstić information content (AvgIpc) is 3.01. The van der Waals surface area contributed by atoms with Crippen molar-refractivity contribution in [3.8, 4) is 11.5 Å². The number of rotatable bonds is 16. The maximum atomic E-state index is 12.2. The maximum absolute atomic E-state index is 12.2. The SMILES string of the molecule is CCCCCCCCC(=O)NCc1ccc(O[C@@H]2O[C@H](CO)[C@@H](O[C@H]3O[C@H](CO)[C@@H](O)[C@H](O)[C@H]3O)[C@H](O)[C@H]2O)c(OC)c1. The molecule has 43 heavy (non-hydrogen) atoms. The van der Waals surface area contributed by atoms with E-state index in [0.29, 0.717) is 6.42 Å². The van der Waals surface area contributed by atoms with Gasteiger partial charge in [0, 0.05) is 13.0 Å². The number of methoxy groups -OCH3 is 1. The lowest BCUT2D eigenvalue weighted by Crippen LogP contribution is -2.65. The Balaban J connectivity index is 1.58. The minimum Gasteiger partial charge on any atom is -0.493 e. The predicted octanol–water partition coefficient (Wildman–Crippen LogP) is -0.935. The zero-order valence-corrected chi connectivity index (χ0v) is 24.7. The smallest absolute Gasteiger partial charge is 0.229 e. The van der Waals surface area contributed by atoms with E-state index < -0.39 is 74.6 Å². The van der Waals surface area contributed by atoms with E-state index in [2.05, 4.69) is 12.2 Å². The van der Waals surface area contributed by atoms with Gasteiger partial charge in [-0.05, 0) is 24.1 Å². The van der Waals surface area contributed by atoms with Crippen molar-refractivity contribution in [3.63, 3.8) is 0 Å². The number of aliphatic hydroxyl groups excluding tert-OH is 7. The van der Waals surface area contributed by atoms with Crippen LogP contribution in [0.4, 0.5) is 0 Å². The summed E-state index contributed by atoms with van der Waals surface area (Å²) < 4.78 is 27.8. The van der Waals surface area contributed by atoms with Crippen LogP contribution in [0.25, 0.3) is 0 Å². The Hall–Kier alpha value is -2.11. The molecule has 2 saturated heterocycles. The van der Waals surface area contributed by atoms with Gasteiger partial charge in [0.05, 0.1) is 20.3 Å². The minimum absolute atomic E-state index is 0.0435. The minimum atomic E-state index is -1.77. The Bertz CT molecular complexity index is 980. The number of carbonyl (C=O) groups is 1. The third-order valence-corrected chi connectivity index (χ3v) is 7.68. The number of nitrogens with one attached hydrogen (secondary N) is 1. The summed E-state index contributed by atoms with van der Waals surface area (Å²) in [5.41, 5.74) is 0.742. The fraction of sp³-hybridized carbons (Fsp3) is 0.759. The number of carbonyl (C=O) groups excluding carboxylic acids is 1. The van der Waals surface area contributed by atoms with Gasteiger partial charge < -0.3 is 64.7 Å². The molecule has 0 unspecified atom stereocenters. The molecule has 2 aliphatic rings. The van der Waals surface area contributed by atoms with Crippen LogP contribution in [0.3, 0.4) is 0 Å². The van der Waals surface area contributed by atoms with Gasteiger partial charge in [-0.3, -0.25) is 4.79 Å². The molecule has 2 heterocycles. The number of unbranched alkanes of at least 4 members (excludes halogenated alkanes) is 5. The highest BCUT2D eigenvalue weighted by molar-refractivity contribution is 5.75. The summed E-state index contributed by atoms with van der Waals surface area (Å²) in [6, 6.07) is 4.91. The molecule has 3 rings (SSSR count). The summed E-state index contributed by atoms with van der Waals surface area (Å²) in [5, 5.41) is 74.1. The van der Waals surface area contributed by atoms with E-state index in [1.54, 1.807) is 18.2 Å². The number of hydrogen-bond donors (Lipinski definition) is 8. The lowest BCUT2D eigenvalue weighted by Gasteiger charge is -2.45. The Morgan fingerprint density at radius 3 is 2.14 bits per heavy atom. The van der Waals surface area contributed by atoms with E-state index in [1.165, 1.54) is 26.4 Å². The van der Waals surface area contributed by atoms with E-state index in [-0.39, 0.29) is 24.0 Å². The first-order chi connectivity index (χ1) is 20.6. The van der Waals surface area contributed by atoms with Crippen LogP contribution in [-0.2, 0) is 25.5 Å². The number of benzene rings is 1. The van der Waals surface area contributed by atoms with Crippen molar-refractivity contribution >= 4 is 5.91 Å². The van der Waals surface area contributed by atoms with E-state index in [1.807, 2.05) is 0 Å². The number of amides is 1. The molecular formula is C29H47NO13. The van der Waals surface area contributed by atoms with E-state index in [9.17, 15) is 40.5 Å². The fourth-order valence-electron chi connectivity index (χ4n) is 5.05. The quantitative estimate of drug-likeness (QED) is 0.105. The third-order valence-electron chi connectivity index (χ3n) is 7.68. The van der Waals surface area contributed by atoms with Crippen molar-refractivity contribution in [3.05, 3.63) is 23.8 Å². The highest BCUT2D eigenvalue weighted by atomic mass is 16.7. The van der Waals surface area contributed by atoms with Gasteiger partial charge in [0.25, 0.3) is 0 Å². The molecule has 10 atom stereocenters. The Morgan fingerprint density at radius 1 is 0.814 bits per heavy atom. The molecule has 0 aliphatic carbocycles. The van der Waals surface area contributed by atoms with E-state index in [4.69, 9.17) is 23.7 Å². The summed E-state index contributed by atoms with van der Waals surface area (Å²) in [6.07, 6.45) is -8.60. The first-order valence-electron chi connectivity index (χ1n) is 14.8. The van der Waals surface area contributed by atoms with Crippen molar-refractivity contribution in [1.29, 1.82) is 0 Å². The third kappa shape index (κ3) is 9.44. The largest absolute Gasteiger partial charge is 0.493 e. The Kier molecular flexibility index (Phi) is 14.3. The number of hydrogen-bond acceptors (Lipinski definition) is 13. The first kappa shape index (κ1) is 35.4. The highest BCUT2D eigenvalue weighted by Crippen LogP contribution is 2.34. The van der Waals surface area contributed by atoms with Gasteiger partial charge in [-0.2, -0.15) is 0 Å². The number of aliphatic hydroxyl groups is 7. The molecule has 0 spiro atoms. The zero-order chi connectivity index (χ0) is 31.5. The van der Waals surface area contributed by atoms with E-state index >= 15 is 0 Å². The van der Waals surface area contributed by atoms with Crippen LogP contribution in [0.5, 0.6) is 11.5 Å². The maximum Gasteiger partial charge on any atom is 0.229 e. The summed E-state index contributed by atoms with van der Waals surface area (Å²) in [7, 11) is 1.41. The molecule has 2 fully saturated rings. The monoisotopic (exact) mass is 617 g/mol. The molecule has 1 amide bonds. The second-order valence-corrected chi connectivity index (χ2v) is 10.9. The summed E-state index contributed by atoms with van der Waals surface area (Å²) in [5.74, 6) is 0.386. The molecule has 1 aromatic carbocycles. The van der Waals surface area contributed by atoms with Crippen LogP contribution in [0.2, 0.25) is 0 Å². The van der Waals surface area contributed by atoms with Crippen molar-refractivity contribution in [2.75, 3.05) is 20.3 Å². The molecule has 1 aromatic rings. The zero-order valence-electron chi connectivity index (χ0n) is 24.7. The summed E-state index contributed by atoms with van der Waals surface area (Å²) in [4.78, 5) is 12.2. The van der Waals surface area contributed by atoms with Crippen molar-refractivity contribution in [2.24, 2.45) is 0 Å². The number of ether oxygens (including phenoxy) is 5. The molecule has 0 radical (unpaired) electrons. The van der Waals surface area contributed by atoms with Gasteiger partial charge in [0.1, 0.15) is 48.8 Å². The second kappa shape index (κ2) is 17.4. The first-order valence-corrected chi connectivity index (χ1v) is 14.8. The van der Waals surface area contributed by atoms with Crippen LogP contribution in [0.1, 0.15) is 57.4 Å². The molecule has 8 N–H and O–H groups in total. The van der Waals surface area contributed by atoms with Crippen LogP contribution < -0.4 is 14.8 Å². The summed E-state index contributed by atoms with van der Waals surface area (Å²) in [6.45, 7) is 1.05. The van der Waals surface area contributed by atoms with Crippen LogP contribution in [-0.4, -0.2) is 123 Å². The van der Waals surface area contributed by atoms with Crippen LogP contribution in [0, 0.1) is 0 Å². The normalized spacial score (nSPS) is 32.8. The topological polar surface area (TPSA) is 217 Å². The van der Waals surface area contributed by atoms with Gasteiger partial charge in [-0.25, -0.2) is 0 Å². The molecule has 14 heteroatoms. The Labute approximate surface area is 251 Å². The van der Waals surface area contributed by atoms with E-state index in [0.717, 1.165) is 24.8 Å². The molecule has 0 bridgehead atoms. The molecule has 246 valence electrons. The standard InChI is InChI=1S/C29H47NO13/c1-3-4-5-6-7-8-9-21(33)30-13-16-10-11-17(18(12-16)39-2)40-28-26(38)24(36)27(20(15-32)42-28)43-29-25(37)23(35)22(34)19(14-31)41-29/h10-12,19-20,22-29,31-32,34-38H,3-9,13-15H2,1-2H3,(H,30,33)/t19-,20-,22-,23+,24-,25-,26-,27-,28-,29-/m1/s1. The van der Waals surface area contributed by atoms with Crippen LogP contribution >= 0.6 is 0 Å². The predicted molar refractivity (Wildman–Crippen MR) is 150 cm³/mol. The molecule has 2 aliphatic heterocycles. The van der Waals surface area contributed by atoms with Crippen LogP contribution in [0.15, 0.2) is 18.2 Å². The molecule has 14 nitrogen and oxygen atoms in total. The summed E-state index contributed by atoms with van der Waals surface area (Å²) >= 11 is 0. The highest BCUT2D eigenvalue weighted by Gasteiger charge is 2.51. The van der Waals surface area contributed by atoms with Gasteiger partial charge in [0.2, 0.25) is 12.2 Å². The molecule has 0 aromatic heterocycles. The van der Waals surface area contributed by atoms with Crippen molar-refractivity contribution in [2.45, 2.75) is 120 Å². The van der Waals surface area contributed by atoms with Crippen molar-refractivity contribution in [1.82, 2.24) is 5.32 Å². The fourth-order valence-corrected chi connectivity index (χ4v) is 5.05. The van der Waals surface area contributed by atoms with Crippen molar-refractivity contribution < 1.29 is 64.2 Å². The lowest BCUT2D eigenvalue weighted by molar-refractivity contribution is -0.352. The molecular weight excluding hydrogens is 570 g/mol. The lowest BCUT2D eigenvalue weighted by atomic mass is 9.97. The average molecular weight is 618 g/mol. The Morgan fingerprint density at radius 2 is 1.47 bits per heavy atom. The second-order valence-electron chi connectivity index (χ2n) is 10.9. The van der Waals surface area contributed by atoms with Gasteiger partial charge >= 0.3 is 0 Å². The van der Waals surface area contributed by atoms with Gasteiger partial charge in [-0.1, -0.05) is 45.1 Å².